The topological polar surface area (TPSA) is 72.1 Å². The molecule has 2 N–H and O–H groups in total. The third-order valence-corrected chi connectivity index (χ3v) is 5.67. The van der Waals surface area contributed by atoms with Crippen LogP contribution < -0.4 is 10.6 Å². The standard InChI is InChI=1S/C23H32ClN7.HI/c1-6-25-23(28-16(2)14-21-17(3)29-30(5)18(21)4)26-15-22(31-13-7-12-27-31)19-8-10-20(24)11-9-19;/h7-13,16,22H,6,14-15H2,1-5H3,(H2,25,26,28);1H. The van der Waals surface area contributed by atoms with Crippen molar-refractivity contribution in [2.75, 3.05) is 13.1 Å². The van der Waals surface area contributed by atoms with Crippen molar-refractivity contribution in [1.82, 2.24) is 30.2 Å². The summed E-state index contributed by atoms with van der Waals surface area (Å²) in [5.41, 5.74) is 4.68. The molecule has 0 aliphatic carbocycles. The molecule has 174 valence electrons. The molecule has 32 heavy (non-hydrogen) atoms. The van der Waals surface area contributed by atoms with Crippen molar-refractivity contribution in [2.24, 2.45) is 12.0 Å². The van der Waals surface area contributed by atoms with Crippen molar-refractivity contribution >= 4 is 41.5 Å². The zero-order valence-corrected chi connectivity index (χ0v) is 22.4. The zero-order chi connectivity index (χ0) is 22.4. The van der Waals surface area contributed by atoms with Crippen molar-refractivity contribution in [2.45, 2.75) is 46.2 Å². The van der Waals surface area contributed by atoms with Crippen molar-refractivity contribution < 1.29 is 0 Å². The van der Waals surface area contributed by atoms with Crippen LogP contribution in [0.15, 0.2) is 47.7 Å². The molecule has 7 nitrogen and oxygen atoms in total. The van der Waals surface area contributed by atoms with Gasteiger partial charge in [-0.2, -0.15) is 10.2 Å². The van der Waals surface area contributed by atoms with Crippen LogP contribution in [0.2, 0.25) is 5.02 Å². The number of aliphatic imine (C=N–C) groups is 1. The van der Waals surface area contributed by atoms with E-state index in [9.17, 15) is 0 Å². The number of halogens is 2. The van der Waals surface area contributed by atoms with E-state index in [1.165, 1.54) is 11.3 Å². The Morgan fingerprint density at radius 2 is 1.94 bits per heavy atom. The van der Waals surface area contributed by atoms with Gasteiger partial charge in [-0.25, -0.2) is 0 Å². The van der Waals surface area contributed by atoms with Gasteiger partial charge < -0.3 is 10.6 Å². The number of hydrogen-bond donors (Lipinski definition) is 2. The van der Waals surface area contributed by atoms with E-state index in [0.717, 1.165) is 35.2 Å². The summed E-state index contributed by atoms with van der Waals surface area (Å²) in [5, 5.41) is 16.6. The number of guanidine groups is 1. The molecule has 1 aromatic carbocycles. The summed E-state index contributed by atoms with van der Waals surface area (Å²) in [6.07, 6.45) is 4.64. The van der Waals surface area contributed by atoms with Gasteiger partial charge in [-0.05, 0) is 63.4 Å². The third kappa shape index (κ3) is 6.71. The highest BCUT2D eigenvalue weighted by atomic mass is 127. The Balaban J connectivity index is 0.00000363. The van der Waals surface area contributed by atoms with Crippen LogP contribution in [0.5, 0.6) is 0 Å². The zero-order valence-electron chi connectivity index (χ0n) is 19.3. The van der Waals surface area contributed by atoms with E-state index in [1.807, 2.05) is 52.9 Å². The fraction of sp³-hybridized carbons (Fsp3) is 0.435. The number of rotatable bonds is 8. The molecule has 0 aliphatic heterocycles. The van der Waals surface area contributed by atoms with Crippen LogP contribution in [0.1, 0.15) is 42.4 Å². The van der Waals surface area contributed by atoms with Crippen molar-refractivity contribution in [3.05, 3.63) is 70.3 Å². The number of aryl methyl sites for hydroxylation is 2. The summed E-state index contributed by atoms with van der Waals surface area (Å²) >= 11 is 6.08. The Labute approximate surface area is 212 Å². The highest BCUT2D eigenvalue weighted by Crippen LogP contribution is 2.20. The van der Waals surface area contributed by atoms with Gasteiger partial charge in [0, 0.05) is 42.7 Å². The molecule has 2 aromatic heterocycles. The predicted octanol–water partition coefficient (Wildman–Crippen LogP) is 4.28. The Morgan fingerprint density at radius 1 is 1.22 bits per heavy atom. The van der Waals surface area contributed by atoms with Crippen LogP contribution >= 0.6 is 35.6 Å². The van der Waals surface area contributed by atoms with Gasteiger partial charge in [-0.1, -0.05) is 23.7 Å². The van der Waals surface area contributed by atoms with Gasteiger partial charge in [0.05, 0.1) is 18.3 Å². The Morgan fingerprint density at radius 3 is 2.50 bits per heavy atom. The first-order chi connectivity index (χ1) is 14.9. The van der Waals surface area contributed by atoms with E-state index in [1.54, 1.807) is 6.20 Å². The second-order valence-electron chi connectivity index (χ2n) is 7.80. The number of nitrogens with zero attached hydrogens (tertiary/aromatic N) is 5. The molecule has 2 atom stereocenters. The van der Waals surface area contributed by atoms with Gasteiger partial charge in [-0.15, -0.1) is 24.0 Å². The molecular weight excluding hydrogens is 537 g/mol. The molecule has 0 amide bonds. The molecule has 0 spiro atoms. The van der Waals surface area contributed by atoms with Crippen molar-refractivity contribution in [3.63, 3.8) is 0 Å². The predicted molar refractivity (Wildman–Crippen MR) is 142 cm³/mol. The fourth-order valence-electron chi connectivity index (χ4n) is 3.69. The first-order valence-corrected chi connectivity index (χ1v) is 11.0. The van der Waals surface area contributed by atoms with E-state index < -0.39 is 0 Å². The second kappa shape index (κ2) is 12.2. The maximum Gasteiger partial charge on any atom is 0.191 e. The highest BCUT2D eigenvalue weighted by Gasteiger charge is 2.16. The molecule has 9 heteroatoms. The average Bonchev–Trinajstić information content (AvgIpc) is 3.34. The van der Waals surface area contributed by atoms with Gasteiger partial charge in [0.1, 0.15) is 0 Å². The number of hydrogen-bond acceptors (Lipinski definition) is 3. The van der Waals surface area contributed by atoms with Gasteiger partial charge in [0.15, 0.2) is 5.96 Å². The summed E-state index contributed by atoms with van der Waals surface area (Å²) in [4.78, 5) is 4.88. The molecule has 0 saturated heterocycles. The summed E-state index contributed by atoms with van der Waals surface area (Å²) < 4.78 is 3.87. The van der Waals surface area contributed by atoms with Crippen LogP contribution in [0, 0.1) is 13.8 Å². The molecule has 2 unspecified atom stereocenters. The molecular formula is C23H33ClIN7. The van der Waals surface area contributed by atoms with Crippen LogP contribution in [-0.2, 0) is 13.5 Å². The Hall–Kier alpha value is -2.07. The van der Waals surface area contributed by atoms with Gasteiger partial charge >= 0.3 is 0 Å². The number of benzene rings is 1. The van der Waals surface area contributed by atoms with E-state index in [0.29, 0.717) is 6.54 Å². The van der Waals surface area contributed by atoms with E-state index in [4.69, 9.17) is 16.6 Å². The average molecular weight is 570 g/mol. The Bertz CT molecular complexity index is 996. The molecule has 2 heterocycles. The van der Waals surface area contributed by atoms with Gasteiger partial charge in [0.25, 0.3) is 0 Å². The summed E-state index contributed by atoms with van der Waals surface area (Å²) in [7, 11) is 1.99. The summed E-state index contributed by atoms with van der Waals surface area (Å²) in [5.74, 6) is 0.792. The van der Waals surface area contributed by atoms with Crippen LogP contribution in [0.4, 0.5) is 0 Å². The van der Waals surface area contributed by atoms with Crippen LogP contribution in [0.25, 0.3) is 0 Å². The van der Waals surface area contributed by atoms with Gasteiger partial charge in [0.2, 0.25) is 0 Å². The minimum Gasteiger partial charge on any atom is -0.357 e. The fourth-order valence-corrected chi connectivity index (χ4v) is 3.82. The second-order valence-corrected chi connectivity index (χ2v) is 8.23. The normalized spacial score (nSPS) is 13.4. The SMILES string of the molecule is CCNC(=NCC(c1ccc(Cl)cc1)n1cccn1)NC(C)Cc1c(C)nn(C)c1C.I. The third-order valence-electron chi connectivity index (χ3n) is 5.42. The highest BCUT2D eigenvalue weighted by molar-refractivity contribution is 14.0. The molecule has 3 aromatic rings. The molecule has 0 bridgehead atoms. The van der Waals surface area contributed by atoms with Gasteiger partial charge in [-0.3, -0.25) is 14.4 Å². The maximum atomic E-state index is 6.08. The molecule has 3 rings (SSSR count). The number of nitrogens with one attached hydrogen (secondary N) is 2. The first kappa shape index (κ1) is 26.2. The van der Waals surface area contributed by atoms with E-state index >= 15 is 0 Å². The van der Waals surface area contributed by atoms with Crippen LogP contribution in [-0.4, -0.2) is 44.7 Å². The molecule has 0 saturated carbocycles. The van der Waals surface area contributed by atoms with Crippen LogP contribution in [0.3, 0.4) is 0 Å². The largest absolute Gasteiger partial charge is 0.357 e. The lowest BCUT2D eigenvalue weighted by Gasteiger charge is -2.20. The molecule has 0 fully saturated rings. The quantitative estimate of drug-likeness (QED) is 0.241. The minimum atomic E-state index is -0.0131. The minimum absolute atomic E-state index is 0. The smallest absolute Gasteiger partial charge is 0.191 e. The summed E-state index contributed by atoms with van der Waals surface area (Å²) in [6.45, 7) is 9.76. The van der Waals surface area contributed by atoms with E-state index in [-0.39, 0.29) is 36.1 Å². The maximum absolute atomic E-state index is 6.08. The lowest BCUT2D eigenvalue weighted by atomic mass is 10.1. The van der Waals surface area contributed by atoms with Crippen molar-refractivity contribution in [3.8, 4) is 0 Å². The lowest BCUT2D eigenvalue weighted by Crippen LogP contribution is -2.43. The summed E-state index contributed by atoms with van der Waals surface area (Å²) in [6, 6.07) is 9.99. The molecule has 0 aliphatic rings. The van der Waals surface area contributed by atoms with Crippen molar-refractivity contribution in [1.29, 1.82) is 0 Å². The Kier molecular flexibility index (Phi) is 10.0. The monoisotopic (exact) mass is 569 g/mol. The lowest BCUT2D eigenvalue weighted by molar-refractivity contribution is 0.529. The van der Waals surface area contributed by atoms with E-state index in [2.05, 4.69) is 48.5 Å². The number of aromatic nitrogens is 4. The first-order valence-electron chi connectivity index (χ1n) is 10.7. The molecule has 0 radical (unpaired) electrons.